The van der Waals surface area contributed by atoms with Gasteiger partial charge in [0.15, 0.2) is 9.84 Å². The summed E-state index contributed by atoms with van der Waals surface area (Å²) in [5, 5.41) is 0. The summed E-state index contributed by atoms with van der Waals surface area (Å²) in [7, 11) is -3.07. The van der Waals surface area contributed by atoms with Gasteiger partial charge < -0.3 is 0 Å². The Bertz CT molecular complexity index is 431. The molecule has 0 fully saturated rings. The highest BCUT2D eigenvalue weighted by atomic mass is 32.2. The van der Waals surface area contributed by atoms with Crippen LogP contribution in [0.4, 0.5) is 0 Å². The van der Waals surface area contributed by atoms with Crippen LogP contribution in [0.15, 0.2) is 29.2 Å². The second-order valence-corrected chi connectivity index (χ2v) is 6.27. The number of hydrogen-bond donors (Lipinski definition) is 0. The van der Waals surface area contributed by atoms with Crippen LogP contribution < -0.4 is 0 Å². The zero-order valence-electron chi connectivity index (χ0n) is 10.2. The Kier molecular flexibility index (Phi) is 4.54. The Morgan fingerprint density at radius 1 is 1.12 bits per heavy atom. The second-order valence-electron chi connectivity index (χ2n) is 3.99. The molecule has 0 saturated carbocycles. The van der Waals surface area contributed by atoms with E-state index in [1.165, 1.54) is 0 Å². The van der Waals surface area contributed by atoms with Crippen molar-refractivity contribution in [2.24, 2.45) is 0 Å². The number of sulfone groups is 1. The van der Waals surface area contributed by atoms with E-state index in [0.29, 0.717) is 10.8 Å². The third-order valence-corrected chi connectivity index (χ3v) is 4.79. The van der Waals surface area contributed by atoms with Crippen LogP contribution in [0, 0.1) is 0 Å². The largest absolute Gasteiger partial charge is 0.224 e. The van der Waals surface area contributed by atoms with Crippen molar-refractivity contribution >= 4 is 9.84 Å². The average Bonchev–Trinajstić information content (AvgIpc) is 2.31. The normalized spacial score (nSPS) is 12.0. The monoisotopic (exact) mass is 240 g/mol. The smallest absolute Gasteiger partial charge is 0.178 e. The van der Waals surface area contributed by atoms with Crippen LogP contribution in [-0.4, -0.2) is 14.2 Å². The van der Waals surface area contributed by atoms with Gasteiger partial charge in [-0.15, -0.1) is 0 Å². The molecule has 0 aliphatic carbocycles. The molecule has 90 valence electrons. The molecule has 0 N–H and O–H groups in total. The van der Waals surface area contributed by atoms with Gasteiger partial charge in [0.1, 0.15) is 0 Å². The van der Waals surface area contributed by atoms with E-state index in [-0.39, 0.29) is 5.75 Å². The van der Waals surface area contributed by atoms with Crippen LogP contribution in [0.3, 0.4) is 0 Å². The van der Waals surface area contributed by atoms with E-state index in [0.717, 1.165) is 18.4 Å². The lowest BCUT2D eigenvalue weighted by molar-refractivity contribution is 0.596. The zero-order valence-corrected chi connectivity index (χ0v) is 11.0. The first-order chi connectivity index (χ1) is 7.55. The first-order valence-corrected chi connectivity index (χ1v) is 7.53. The fraction of sp³-hybridized carbons (Fsp3) is 0.538. The summed E-state index contributed by atoms with van der Waals surface area (Å²) in [6.07, 6.45) is 2.10. The van der Waals surface area contributed by atoms with Crippen molar-refractivity contribution in [3.8, 4) is 0 Å². The Labute approximate surface area is 98.6 Å². The summed E-state index contributed by atoms with van der Waals surface area (Å²) >= 11 is 0. The topological polar surface area (TPSA) is 34.1 Å². The van der Waals surface area contributed by atoms with E-state index < -0.39 is 9.84 Å². The molecule has 0 saturated heterocycles. The molecular formula is C13H20O2S. The molecule has 0 aromatic heterocycles. The second kappa shape index (κ2) is 5.48. The van der Waals surface area contributed by atoms with Gasteiger partial charge in [0.05, 0.1) is 10.6 Å². The van der Waals surface area contributed by atoms with Gasteiger partial charge >= 0.3 is 0 Å². The summed E-state index contributed by atoms with van der Waals surface area (Å²) in [4.78, 5) is 0.458. The Balaban J connectivity index is 3.14. The molecule has 0 aliphatic heterocycles. The van der Waals surface area contributed by atoms with Gasteiger partial charge in [-0.25, -0.2) is 8.42 Å². The fourth-order valence-corrected chi connectivity index (χ4v) is 2.82. The first-order valence-electron chi connectivity index (χ1n) is 5.87. The first kappa shape index (κ1) is 13.2. The van der Waals surface area contributed by atoms with E-state index in [4.69, 9.17) is 0 Å². The lowest BCUT2D eigenvalue weighted by Gasteiger charge is -2.13. The lowest BCUT2D eigenvalue weighted by atomic mass is 9.94. The zero-order chi connectivity index (χ0) is 12.2. The van der Waals surface area contributed by atoms with Gasteiger partial charge in [0, 0.05) is 0 Å². The lowest BCUT2D eigenvalue weighted by Crippen LogP contribution is -2.05. The van der Waals surface area contributed by atoms with Crippen LogP contribution in [-0.2, 0) is 9.84 Å². The minimum atomic E-state index is -3.07. The van der Waals surface area contributed by atoms with E-state index >= 15 is 0 Å². The Morgan fingerprint density at radius 3 is 2.25 bits per heavy atom. The quantitative estimate of drug-likeness (QED) is 0.790. The van der Waals surface area contributed by atoms with Gasteiger partial charge in [-0.05, 0) is 36.5 Å². The molecule has 1 rings (SSSR count). The summed E-state index contributed by atoms with van der Waals surface area (Å²) in [5.41, 5.74) is 1.14. The molecule has 2 nitrogen and oxygen atoms in total. The van der Waals surface area contributed by atoms with Crippen molar-refractivity contribution in [1.29, 1.82) is 0 Å². The van der Waals surface area contributed by atoms with E-state index in [2.05, 4.69) is 13.8 Å². The summed E-state index contributed by atoms with van der Waals surface area (Å²) < 4.78 is 23.5. The summed E-state index contributed by atoms with van der Waals surface area (Å²) in [5.74, 6) is 0.631. The molecule has 0 radical (unpaired) electrons. The SMILES string of the molecule is CCC(CC)c1cccc(S(=O)(=O)CC)c1. The molecule has 0 spiro atoms. The van der Waals surface area contributed by atoms with Crippen molar-refractivity contribution in [3.05, 3.63) is 29.8 Å². The van der Waals surface area contributed by atoms with E-state index in [1.54, 1.807) is 13.0 Å². The molecular weight excluding hydrogens is 220 g/mol. The average molecular weight is 240 g/mol. The minimum absolute atomic E-state index is 0.166. The van der Waals surface area contributed by atoms with Crippen molar-refractivity contribution in [3.63, 3.8) is 0 Å². The molecule has 0 amide bonds. The van der Waals surface area contributed by atoms with Gasteiger partial charge in [-0.3, -0.25) is 0 Å². The molecule has 0 bridgehead atoms. The highest BCUT2D eigenvalue weighted by Crippen LogP contribution is 2.25. The van der Waals surface area contributed by atoms with Crippen LogP contribution in [0.25, 0.3) is 0 Å². The summed E-state index contributed by atoms with van der Waals surface area (Å²) in [6.45, 7) is 5.95. The van der Waals surface area contributed by atoms with Crippen LogP contribution >= 0.6 is 0 Å². The van der Waals surface area contributed by atoms with Crippen LogP contribution in [0.2, 0.25) is 0 Å². The maximum absolute atomic E-state index is 11.8. The highest BCUT2D eigenvalue weighted by molar-refractivity contribution is 7.91. The third-order valence-electron chi connectivity index (χ3n) is 3.05. The molecule has 0 unspecified atom stereocenters. The van der Waals surface area contributed by atoms with E-state index in [9.17, 15) is 8.42 Å². The van der Waals surface area contributed by atoms with Gasteiger partial charge in [0.2, 0.25) is 0 Å². The van der Waals surface area contributed by atoms with Crippen LogP contribution in [0.1, 0.15) is 45.1 Å². The molecule has 0 atom stereocenters. The van der Waals surface area contributed by atoms with Crippen molar-refractivity contribution in [2.45, 2.75) is 44.4 Å². The molecule has 1 aromatic carbocycles. The van der Waals surface area contributed by atoms with Gasteiger partial charge in [0.25, 0.3) is 0 Å². The Morgan fingerprint density at radius 2 is 1.75 bits per heavy atom. The fourth-order valence-electron chi connectivity index (χ4n) is 1.89. The molecule has 16 heavy (non-hydrogen) atoms. The molecule has 3 heteroatoms. The highest BCUT2D eigenvalue weighted by Gasteiger charge is 2.14. The summed E-state index contributed by atoms with van der Waals surface area (Å²) in [6, 6.07) is 7.38. The number of rotatable bonds is 5. The minimum Gasteiger partial charge on any atom is -0.224 e. The van der Waals surface area contributed by atoms with Gasteiger partial charge in [-0.2, -0.15) is 0 Å². The predicted molar refractivity (Wildman–Crippen MR) is 67.5 cm³/mol. The van der Waals surface area contributed by atoms with Crippen molar-refractivity contribution in [2.75, 3.05) is 5.75 Å². The molecule has 1 aromatic rings. The maximum atomic E-state index is 11.8. The third kappa shape index (κ3) is 2.85. The van der Waals surface area contributed by atoms with Gasteiger partial charge in [-0.1, -0.05) is 32.9 Å². The van der Waals surface area contributed by atoms with Crippen molar-refractivity contribution < 1.29 is 8.42 Å². The standard InChI is InChI=1S/C13H20O2S/c1-4-11(5-2)12-8-7-9-13(10-12)16(14,15)6-3/h7-11H,4-6H2,1-3H3. The van der Waals surface area contributed by atoms with E-state index in [1.807, 2.05) is 18.2 Å². The maximum Gasteiger partial charge on any atom is 0.178 e. The van der Waals surface area contributed by atoms with Crippen molar-refractivity contribution in [1.82, 2.24) is 0 Å². The molecule has 0 heterocycles. The number of hydrogen-bond acceptors (Lipinski definition) is 2. The number of benzene rings is 1. The Hall–Kier alpha value is -0.830. The van der Waals surface area contributed by atoms with Crippen LogP contribution in [0.5, 0.6) is 0 Å². The predicted octanol–water partition coefficient (Wildman–Crippen LogP) is 3.38. The molecule has 0 aliphatic rings.